The Kier molecular flexibility index (Phi) is 5.66. The zero-order chi connectivity index (χ0) is 12.5. The molecular formula is C13H18Br2ClN3. The predicted molar refractivity (Wildman–Crippen MR) is 86.6 cm³/mol. The van der Waals surface area contributed by atoms with Crippen molar-refractivity contribution in [1.82, 2.24) is 15.2 Å². The van der Waals surface area contributed by atoms with Gasteiger partial charge in [0.15, 0.2) is 0 Å². The smallest absolute Gasteiger partial charge is 0.0686 e. The van der Waals surface area contributed by atoms with Crippen LogP contribution in [-0.2, 0) is 6.54 Å². The second-order valence-corrected chi connectivity index (χ2v) is 7.05. The van der Waals surface area contributed by atoms with Crippen LogP contribution in [0.3, 0.4) is 0 Å². The minimum Gasteiger partial charge on any atom is -0.316 e. The number of nitrogens with one attached hydrogen (secondary N) is 1. The van der Waals surface area contributed by atoms with E-state index in [9.17, 15) is 0 Å². The van der Waals surface area contributed by atoms with Crippen molar-refractivity contribution in [2.45, 2.75) is 13.0 Å². The number of halogens is 3. The van der Waals surface area contributed by atoms with Crippen molar-refractivity contribution in [1.29, 1.82) is 0 Å². The van der Waals surface area contributed by atoms with E-state index in [1.54, 1.807) is 0 Å². The molecule has 0 radical (unpaired) electrons. The summed E-state index contributed by atoms with van der Waals surface area (Å²) < 4.78 is 2.13. The Hall–Kier alpha value is 0.320. The molecule has 0 aliphatic carbocycles. The normalized spacial score (nSPS) is 26.8. The molecule has 0 bridgehead atoms. The van der Waals surface area contributed by atoms with E-state index in [1.807, 2.05) is 6.20 Å². The fraction of sp³-hybridized carbons (Fsp3) is 0.615. The standard InChI is InChI=1S/C13H17Br2N3.ClH/c14-11-3-12(15)13(17-6-11)8-18-2-1-9-4-16-5-10(9)7-18;/h3,6,9-10,16H,1-2,4-5,7-8H2;1H. The Morgan fingerprint density at radius 1 is 1.32 bits per heavy atom. The van der Waals surface area contributed by atoms with Crippen LogP contribution in [0.4, 0.5) is 0 Å². The fourth-order valence-electron chi connectivity index (χ4n) is 3.02. The molecule has 1 aromatic heterocycles. The van der Waals surface area contributed by atoms with Crippen molar-refractivity contribution in [3.63, 3.8) is 0 Å². The highest BCUT2D eigenvalue weighted by molar-refractivity contribution is 9.11. The largest absolute Gasteiger partial charge is 0.316 e. The molecule has 2 aliphatic heterocycles. The first kappa shape index (κ1) is 15.7. The van der Waals surface area contributed by atoms with Crippen molar-refractivity contribution in [2.75, 3.05) is 26.2 Å². The van der Waals surface area contributed by atoms with Crippen LogP contribution in [0.2, 0.25) is 0 Å². The maximum absolute atomic E-state index is 4.51. The summed E-state index contributed by atoms with van der Waals surface area (Å²) in [5.41, 5.74) is 1.14. The number of nitrogens with zero attached hydrogens (tertiary/aromatic N) is 2. The maximum atomic E-state index is 4.51. The molecule has 1 N–H and O–H groups in total. The summed E-state index contributed by atoms with van der Waals surface area (Å²) in [5.74, 6) is 1.75. The van der Waals surface area contributed by atoms with Gasteiger partial charge in [-0.25, -0.2) is 0 Å². The third-order valence-electron chi connectivity index (χ3n) is 4.05. The van der Waals surface area contributed by atoms with Crippen molar-refractivity contribution < 1.29 is 0 Å². The molecule has 0 saturated carbocycles. The quantitative estimate of drug-likeness (QED) is 0.811. The van der Waals surface area contributed by atoms with Gasteiger partial charge in [-0.1, -0.05) is 0 Å². The Morgan fingerprint density at radius 2 is 2.11 bits per heavy atom. The van der Waals surface area contributed by atoms with E-state index in [2.05, 4.69) is 53.1 Å². The molecule has 0 aromatic carbocycles. The van der Waals surface area contributed by atoms with Gasteiger partial charge in [0.1, 0.15) is 0 Å². The van der Waals surface area contributed by atoms with E-state index in [4.69, 9.17) is 0 Å². The molecule has 106 valence electrons. The second kappa shape index (κ2) is 6.85. The number of likely N-dealkylation sites (tertiary alicyclic amines) is 1. The van der Waals surface area contributed by atoms with Gasteiger partial charge in [0.05, 0.1) is 5.69 Å². The van der Waals surface area contributed by atoms with Crippen LogP contribution in [0.1, 0.15) is 12.1 Å². The van der Waals surface area contributed by atoms with E-state index in [-0.39, 0.29) is 12.4 Å². The first-order valence-corrected chi connectivity index (χ1v) is 8.04. The van der Waals surface area contributed by atoms with Gasteiger partial charge in [-0.3, -0.25) is 9.88 Å². The van der Waals surface area contributed by atoms with Crippen LogP contribution < -0.4 is 5.32 Å². The lowest BCUT2D eigenvalue weighted by molar-refractivity contribution is 0.140. The summed E-state index contributed by atoms with van der Waals surface area (Å²) in [4.78, 5) is 7.04. The number of rotatable bonds is 2. The van der Waals surface area contributed by atoms with E-state index in [1.165, 1.54) is 32.6 Å². The van der Waals surface area contributed by atoms with Crippen LogP contribution >= 0.6 is 44.3 Å². The third kappa shape index (κ3) is 3.70. The molecule has 2 aliphatic rings. The Labute approximate surface area is 137 Å². The molecule has 2 unspecified atom stereocenters. The topological polar surface area (TPSA) is 28.2 Å². The number of fused-ring (bicyclic) bond motifs is 1. The van der Waals surface area contributed by atoms with Crippen LogP contribution in [-0.4, -0.2) is 36.1 Å². The van der Waals surface area contributed by atoms with Gasteiger partial charge in [-0.2, -0.15) is 0 Å². The summed E-state index contributed by atoms with van der Waals surface area (Å²) in [6.07, 6.45) is 3.20. The first-order valence-electron chi connectivity index (χ1n) is 6.45. The number of hydrogen-bond donors (Lipinski definition) is 1. The molecular weight excluding hydrogens is 393 g/mol. The summed E-state index contributed by atoms with van der Waals surface area (Å²) in [6, 6.07) is 2.08. The Bertz CT molecular complexity index is 444. The predicted octanol–water partition coefficient (Wildman–Crippen LogP) is 3.07. The summed E-state index contributed by atoms with van der Waals surface area (Å²) in [5, 5.41) is 3.51. The molecule has 0 spiro atoms. The maximum Gasteiger partial charge on any atom is 0.0686 e. The lowest BCUT2D eigenvalue weighted by Gasteiger charge is -2.34. The zero-order valence-corrected chi connectivity index (χ0v) is 14.6. The highest BCUT2D eigenvalue weighted by Crippen LogP contribution is 2.28. The monoisotopic (exact) mass is 409 g/mol. The SMILES string of the molecule is Brc1cnc(CN2CCC3CNCC3C2)c(Br)c1.Cl. The number of piperidine rings is 1. The summed E-state index contributed by atoms with van der Waals surface area (Å²) in [6.45, 7) is 5.78. The van der Waals surface area contributed by atoms with Crippen LogP contribution in [0.15, 0.2) is 21.2 Å². The van der Waals surface area contributed by atoms with Crippen LogP contribution in [0.5, 0.6) is 0 Å². The molecule has 6 heteroatoms. The van der Waals surface area contributed by atoms with Gasteiger partial charge in [0.2, 0.25) is 0 Å². The molecule has 2 saturated heterocycles. The Morgan fingerprint density at radius 3 is 2.89 bits per heavy atom. The van der Waals surface area contributed by atoms with E-state index in [0.29, 0.717) is 0 Å². The average Bonchev–Trinajstić information content (AvgIpc) is 2.80. The van der Waals surface area contributed by atoms with E-state index in [0.717, 1.165) is 33.0 Å². The second-order valence-electron chi connectivity index (χ2n) is 5.28. The summed E-state index contributed by atoms with van der Waals surface area (Å²) >= 11 is 7.04. The van der Waals surface area contributed by atoms with Crippen molar-refractivity contribution in [3.8, 4) is 0 Å². The van der Waals surface area contributed by atoms with Gasteiger partial charge >= 0.3 is 0 Å². The van der Waals surface area contributed by atoms with Gasteiger partial charge < -0.3 is 5.32 Å². The van der Waals surface area contributed by atoms with E-state index < -0.39 is 0 Å². The highest BCUT2D eigenvalue weighted by atomic mass is 79.9. The zero-order valence-electron chi connectivity index (χ0n) is 10.6. The lowest BCUT2D eigenvalue weighted by Crippen LogP contribution is -2.39. The molecule has 3 heterocycles. The molecule has 1 aromatic rings. The fourth-order valence-corrected chi connectivity index (χ4v) is 4.14. The molecule has 2 atom stereocenters. The van der Waals surface area contributed by atoms with Gasteiger partial charge in [-0.15, -0.1) is 12.4 Å². The van der Waals surface area contributed by atoms with Gasteiger partial charge in [-0.05, 0) is 75.8 Å². The van der Waals surface area contributed by atoms with Crippen molar-refractivity contribution in [3.05, 3.63) is 26.9 Å². The molecule has 2 fully saturated rings. The minimum absolute atomic E-state index is 0. The molecule has 3 rings (SSSR count). The molecule has 0 amide bonds. The average molecular weight is 412 g/mol. The van der Waals surface area contributed by atoms with Crippen LogP contribution in [0.25, 0.3) is 0 Å². The number of aromatic nitrogens is 1. The highest BCUT2D eigenvalue weighted by Gasteiger charge is 2.32. The Balaban J connectivity index is 0.00000133. The number of hydrogen-bond acceptors (Lipinski definition) is 3. The van der Waals surface area contributed by atoms with Crippen molar-refractivity contribution in [2.24, 2.45) is 11.8 Å². The molecule has 3 nitrogen and oxygen atoms in total. The van der Waals surface area contributed by atoms with Crippen LogP contribution in [0, 0.1) is 11.8 Å². The minimum atomic E-state index is 0. The lowest BCUT2D eigenvalue weighted by atomic mass is 9.88. The number of pyridine rings is 1. The van der Waals surface area contributed by atoms with Crippen molar-refractivity contribution >= 4 is 44.3 Å². The first-order chi connectivity index (χ1) is 8.72. The summed E-state index contributed by atoms with van der Waals surface area (Å²) in [7, 11) is 0. The molecule has 19 heavy (non-hydrogen) atoms. The van der Waals surface area contributed by atoms with Gasteiger partial charge in [0.25, 0.3) is 0 Å². The van der Waals surface area contributed by atoms with E-state index >= 15 is 0 Å². The van der Waals surface area contributed by atoms with Gasteiger partial charge in [0, 0.05) is 28.2 Å². The third-order valence-corrected chi connectivity index (χ3v) is 5.17.